The maximum Gasteiger partial charge on any atom is 0.0705 e. The van der Waals surface area contributed by atoms with E-state index in [1.807, 2.05) is 0 Å². The molecule has 1 nitrogen and oxygen atoms in total. The van der Waals surface area contributed by atoms with E-state index in [1.165, 1.54) is 49.6 Å². The standard InChI is InChI=1S/C19H25N/c1-15-9-11-16(12-10-15)5-4-7-18-14-13-17-6-2-3-8-19(17)20-18/h2-3,6,8,13-16H,4-5,7,9-12H2,1H3. The molecule has 0 saturated heterocycles. The molecule has 1 aliphatic carbocycles. The molecule has 1 heteroatoms. The summed E-state index contributed by atoms with van der Waals surface area (Å²) in [7, 11) is 0. The number of benzene rings is 1. The molecular formula is C19H25N. The van der Waals surface area contributed by atoms with E-state index < -0.39 is 0 Å². The van der Waals surface area contributed by atoms with E-state index in [0.717, 1.165) is 23.8 Å². The Bertz CT molecular complexity index is 552. The van der Waals surface area contributed by atoms with Crippen molar-refractivity contribution >= 4 is 10.9 Å². The Morgan fingerprint density at radius 2 is 1.80 bits per heavy atom. The summed E-state index contributed by atoms with van der Waals surface area (Å²) in [6.07, 6.45) is 9.61. The van der Waals surface area contributed by atoms with Gasteiger partial charge in [-0.2, -0.15) is 0 Å². The molecule has 1 aromatic heterocycles. The normalized spacial score (nSPS) is 23.1. The van der Waals surface area contributed by atoms with E-state index in [9.17, 15) is 0 Å². The highest BCUT2D eigenvalue weighted by Gasteiger charge is 2.17. The Kier molecular flexibility index (Phi) is 4.34. The number of aryl methyl sites for hydroxylation is 1. The average molecular weight is 267 g/mol. The first-order valence-corrected chi connectivity index (χ1v) is 8.16. The quantitative estimate of drug-likeness (QED) is 0.724. The maximum absolute atomic E-state index is 4.77. The molecule has 0 unspecified atom stereocenters. The number of aromatic nitrogens is 1. The van der Waals surface area contributed by atoms with Crippen LogP contribution in [0.4, 0.5) is 0 Å². The Balaban J connectivity index is 1.52. The zero-order chi connectivity index (χ0) is 13.8. The molecule has 1 fully saturated rings. The Labute approximate surface area is 122 Å². The molecule has 0 bridgehead atoms. The van der Waals surface area contributed by atoms with E-state index >= 15 is 0 Å². The van der Waals surface area contributed by atoms with Gasteiger partial charge >= 0.3 is 0 Å². The monoisotopic (exact) mass is 267 g/mol. The molecule has 0 spiro atoms. The van der Waals surface area contributed by atoms with Crippen LogP contribution < -0.4 is 0 Å². The SMILES string of the molecule is CC1CCC(CCCc2ccc3ccccc3n2)CC1. The van der Waals surface area contributed by atoms with Crippen molar-refractivity contribution in [2.24, 2.45) is 11.8 Å². The molecule has 106 valence electrons. The first-order valence-electron chi connectivity index (χ1n) is 8.16. The van der Waals surface area contributed by atoms with Crippen LogP contribution in [0.25, 0.3) is 10.9 Å². The lowest BCUT2D eigenvalue weighted by Crippen LogP contribution is -2.12. The lowest BCUT2D eigenvalue weighted by atomic mass is 9.80. The average Bonchev–Trinajstić information content (AvgIpc) is 2.49. The summed E-state index contributed by atoms with van der Waals surface area (Å²) >= 11 is 0. The molecular weight excluding hydrogens is 242 g/mol. The lowest BCUT2D eigenvalue weighted by Gasteiger charge is -2.25. The Morgan fingerprint density at radius 3 is 2.65 bits per heavy atom. The number of hydrogen-bond acceptors (Lipinski definition) is 1. The van der Waals surface area contributed by atoms with Gasteiger partial charge in [-0.05, 0) is 36.8 Å². The van der Waals surface area contributed by atoms with Gasteiger partial charge in [0.2, 0.25) is 0 Å². The van der Waals surface area contributed by atoms with Crippen molar-refractivity contribution in [1.82, 2.24) is 4.98 Å². The zero-order valence-electron chi connectivity index (χ0n) is 12.5. The van der Waals surface area contributed by atoms with E-state index in [0.29, 0.717) is 0 Å². The number of fused-ring (bicyclic) bond motifs is 1. The van der Waals surface area contributed by atoms with Crippen LogP contribution in [0.5, 0.6) is 0 Å². The van der Waals surface area contributed by atoms with Crippen molar-refractivity contribution < 1.29 is 0 Å². The molecule has 0 N–H and O–H groups in total. The molecule has 0 radical (unpaired) electrons. The summed E-state index contributed by atoms with van der Waals surface area (Å²) in [6.45, 7) is 2.40. The predicted octanol–water partition coefficient (Wildman–Crippen LogP) is 5.38. The number of pyridine rings is 1. The second kappa shape index (κ2) is 6.39. The first kappa shape index (κ1) is 13.6. The molecule has 1 saturated carbocycles. The van der Waals surface area contributed by atoms with Gasteiger partial charge in [-0.15, -0.1) is 0 Å². The van der Waals surface area contributed by atoms with Crippen LogP contribution in [-0.2, 0) is 6.42 Å². The van der Waals surface area contributed by atoms with Gasteiger partial charge in [0.05, 0.1) is 5.52 Å². The van der Waals surface area contributed by atoms with Crippen molar-refractivity contribution in [2.75, 3.05) is 0 Å². The van der Waals surface area contributed by atoms with E-state index in [-0.39, 0.29) is 0 Å². The molecule has 0 atom stereocenters. The molecule has 1 heterocycles. The van der Waals surface area contributed by atoms with E-state index in [4.69, 9.17) is 4.98 Å². The Morgan fingerprint density at radius 1 is 1.00 bits per heavy atom. The fraction of sp³-hybridized carbons (Fsp3) is 0.526. The van der Waals surface area contributed by atoms with Gasteiger partial charge in [-0.1, -0.05) is 63.3 Å². The van der Waals surface area contributed by atoms with Crippen LogP contribution in [-0.4, -0.2) is 4.98 Å². The van der Waals surface area contributed by atoms with Gasteiger partial charge in [0.25, 0.3) is 0 Å². The molecule has 3 rings (SSSR count). The van der Waals surface area contributed by atoms with Crippen LogP contribution >= 0.6 is 0 Å². The molecule has 0 amide bonds. The van der Waals surface area contributed by atoms with Crippen LogP contribution in [0, 0.1) is 11.8 Å². The van der Waals surface area contributed by atoms with Crippen molar-refractivity contribution in [2.45, 2.75) is 51.9 Å². The second-order valence-corrected chi connectivity index (χ2v) is 6.51. The van der Waals surface area contributed by atoms with Crippen LogP contribution in [0.2, 0.25) is 0 Å². The van der Waals surface area contributed by atoms with Crippen molar-refractivity contribution in [3.8, 4) is 0 Å². The minimum atomic E-state index is 0.966. The third kappa shape index (κ3) is 3.39. The lowest BCUT2D eigenvalue weighted by molar-refractivity contribution is 0.273. The fourth-order valence-corrected chi connectivity index (χ4v) is 3.44. The van der Waals surface area contributed by atoms with Gasteiger partial charge in [-0.25, -0.2) is 0 Å². The number of rotatable bonds is 4. The summed E-state index contributed by atoms with van der Waals surface area (Å²) in [5.74, 6) is 1.94. The highest BCUT2D eigenvalue weighted by Crippen LogP contribution is 2.31. The minimum absolute atomic E-state index is 0.966. The number of hydrogen-bond donors (Lipinski definition) is 0. The number of nitrogens with zero attached hydrogens (tertiary/aromatic N) is 1. The summed E-state index contributed by atoms with van der Waals surface area (Å²) < 4.78 is 0. The predicted molar refractivity (Wildman–Crippen MR) is 85.8 cm³/mol. The fourth-order valence-electron chi connectivity index (χ4n) is 3.44. The van der Waals surface area contributed by atoms with Crippen molar-refractivity contribution in [1.29, 1.82) is 0 Å². The first-order chi connectivity index (χ1) is 9.81. The summed E-state index contributed by atoms with van der Waals surface area (Å²) in [4.78, 5) is 4.77. The topological polar surface area (TPSA) is 12.9 Å². The van der Waals surface area contributed by atoms with Crippen molar-refractivity contribution in [3.63, 3.8) is 0 Å². The molecule has 0 aliphatic heterocycles. The second-order valence-electron chi connectivity index (χ2n) is 6.51. The van der Waals surface area contributed by atoms with Gasteiger partial charge < -0.3 is 0 Å². The third-order valence-corrected chi connectivity index (χ3v) is 4.84. The number of para-hydroxylation sites is 1. The largest absolute Gasteiger partial charge is 0.253 e. The summed E-state index contributed by atoms with van der Waals surface area (Å²) in [5.41, 5.74) is 2.39. The van der Waals surface area contributed by atoms with Crippen LogP contribution in [0.1, 0.15) is 51.1 Å². The molecule has 2 aromatic rings. The zero-order valence-corrected chi connectivity index (χ0v) is 12.5. The van der Waals surface area contributed by atoms with Crippen LogP contribution in [0.3, 0.4) is 0 Å². The van der Waals surface area contributed by atoms with E-state index in [2.05, 4.69) is 43.3 Å². The highest BCUT2D eigenvalue weighted by molar-refractivity contribution is 5.78. The molecule has 20 heavy (non-hydrogen) atoms. The van der Waals surface area contributed by atoms with E-state index in [1.54, 1.807) is 0 Å². The third-order valence-electron chi connectivity index (χ3n) is 4.84. The van der Waals surface area contributed by atoms with Gasteiger partial charge in [0.15, 0.2) is 0 Å². The molecule has 1 aliphatic rings. The minimum Gasteiger partial charge on any atom is -0.253 e. The summed E-state index contributed by atoms with van der Waals surface area (Å²) in [6, 6.07) is 12.8. The van der Waals surface area contributed by atoms with Gasteiger partial charge in [-0.3, -0.25) is 4.98 Å². The Hall–Kier alpha value is -1.37. The van der Waals surface area contributed by atoms with Crippen molar-refractivity contribution in [3.05, 3.63) is 42.1 Å². The van der Waals surface area contributed by atoms with Gasteiger partial charge in [0.1, 0.15) is 0 Å². The summed E-state index contributed by atoms with van der Waals surface area (Å²) in [5, 5.41) is 1.25. The van der Waals surface area contributed by atoms with Gasteiger partial charge in [0, 0.05) is 11.1 Å². The maximum atomic E-state index is 4.77. The van der Waals surface area contributed by atoms with Crippen LogP contribution in [0.15, 0.2) is 36.4 Å². The highest BCUT2D eigenvalue weighted by atomic mass is 14.7. The smallest absolute Gasteiger partial charge is 0.0705 e. The molecule has 1 aromatic carbocycles.